The van der Waals surface area contributed by atoms with Crippen molar-refractivity contribution in [3.63, 3.8) is 0 Å². The van der Waals surface area contributed by atoms with E-state index in [1.165, 1.54) is 6.08 Å². The van der Waals surface area contributed by atoms with Gasteiger partial charge < -0.3 is 9.90 Å². The van der Waals surface area contributed by atoms with Crippen molar-refractivity contribution in [2.24, 2.45) is 0 Å². The van der Waals surface area contributed by atoms with E-state index in [2.05, 4.69) is 0 Å². The Balaban J connectivity index is 0. The first-order valence-electron chi connectivity index (χ1n) is 2.27. The Morgan fingerprint density at radius 1 is 1.44 bits per heavy atom. The van der Waals surface area contributed by atoms with Crippen LogP contribution >= 0.6 is 0 Å². The van der Waals surface area contributed by atoms with Gasteiger partial charge in [-0.05, 0) is 13.0 Å². The normalized spacial score (nSPS) is 9.89. The molecule has 2 nitrogen and oxygen atoms in total. The summed E-state index contributed by atoms with van der Waals surface area (Å²) in [7, 11) is 0. The third-order valence-corrected chi connectivity index (χ3v) is 0.536. The molecule has 0 unspecified atom stereocenters. The number of rotatable bonds is 2. The maximum Gasteiger partial charge on any atom is 2.00 e. The number of carbonyl (C=O) groups is 1. The van der Waals surface area contributed by atoms with Crippen LogP contribution in [0.25, 0.3) is 0 Å². The van der Waals surface area contributed by atoms with Crippen molar-refractivity contribution in [2.45, 2.75) is 6.92 Å². The van der Waals surface area contributed by atoms with Gasteiger partial charge in [-0.3, -0.25) is 0 Å². The van der Waals surface area contributed by atoms with Gasteiger partial charge in [-0.25, -0.2) is 0 Å². The molecule has 0 saturated heterocycles. The van der Waals surface area contributed by atoms with Crippen molar-refractivity contribution in [3.05, 3.63) is 24.3 Å². The second-order valence-electron chi connectivity index (χ2n) is 1.20. The number of carboxylic acid groups (broad SMARTS) is 1. The summed E-state index contributed by atoms with van der Waals surface area (Å²) in [5.74, 6) is -1.16. The van der Waals surface area contributed by atoms with Gasteiger partial charge in [-0.1, -0.05) is 18.2 Å². The molecular weight excluding hydrogens is 144 g/mol. The summed E-state index contributed by atoms with van der Waals surface area (Å²) < 4.78 is 0. The summed E-state index contributed by atoms with van der Waals surface area (Å²) in [6.07, 6.45) is 5.74. The molecule has 0 saturated carbocycles. The summed E-state index contributed by atoms with van der Waals surface area (Å²) >= 11 is 0. The van der Waals surface area contributed by atoms with E-state index < -0.39 is 5.97 Å². The van der Waals surface area contributed by atoms with Gasteiger partial charge in [0.05, 0.1) is 5.97 Å². The van der Waals surface area contributed by atoms with Gasteiger partial charge >= 0.3 is 37.7 Å². The molecule has 0 radical (unpaired) electrons. The number of hydrogen-bond donors (Lipinski definition) is 0. The fourth-order valence-electron chi connectivity index (χ4n) is 0.245. The van der Waals surface area contributed by atoms with Crippen LogP contribution in [0.1, 0.15) is 6.92 Å². The zero-order chi connectivity index (χ0) is 6.41. The van der Waals surface area contributed by atoms with Crippen molar-refractivity contribution in [3.8, 4) is 0 Å². The number of carbonyl (C=O) groups excluding carboxylic acids is 1. The molecule has 0 aromatic carbocycles. The van der Waals surface area contributed by atoms with Crippen LogP contribution in [-0.4, -0.2) is 43.7 Å². The minimum atomic E-state index is -1.16. The Kier molecular flexibility index (Phi) is 10.9. The maximum atomic E-state index is 9.64. The van der Waals surface area contributed by atoms with Gasteiger partial charge in [0.25, 0.3) is 0 Å². The van der Waals surface area contributed by atoms with E-state index in [9.17, 15) is 9.90 Å². The van der Waals surface area contributed by atoms with Gasteiger partial charge in [0, 0.05) is 0 Å². The van der Waals surface area contributed by atoms with E-state index in [0.717, 1.165) is 6.08 Å². The van der Waals surface area contributed by atoms with E-state index in [1.54, 1.807) is 19.1 Å². The molecule has 0 atom stereocenters. The number of aliphatic carboxylic acids is 1. The van der Waals surface area contributed by atoms with E-state index in [-0.39, 0.29) is 37.7 Å². The SMILES string of the molecule is C/C=C/C=C/C(=O)[O-].[Ca+2]. The molecule has 0 aliphatic heterocycles. The van der Waals surface area contributed by atoms with Crippen LogP contribution in [0.15, 0.2) is 24.3 Å². The molecule has 9 heavy (non-hydrogen) atoms. The van der Waals surface area contributed by atoms with Crippen molar-refractivity contribution in [1.29, 1.82) is 0 Å². The van der Waals surface area contributed by atoms with E-state index in [4.69, 9.17) is 0 Å². The monoisotopic (exact) mass is 151 g/mol. The summed E-state index contributed by atoms with van der Waals surface area (Å²) in [5, 5.41) is 9.64. The van der Waals surface area contributed by atoms with E-state index in [0.29, 0.717) is 0 Å². The van der Waals surface area contributed by atoms with Crippen LogP contribution < -0.4 is 5.11 Å². The molecule has 0 aromatic heterocycles. The van der Waals surface area contributed by atoms with Gasteiger partial charge in [0.15, 0.2) is 0 Å². The summed E-state index contributed by atoms with van der Waals surface area (Å²) in [4.78, 5) is 9.64. The third-order valence-electron chi connectivity index (χ3n) is 0.536. The Morgan fingerprint density at radius 2 is 2.00 bits per heavy atom. The van der Waals surface area contributed by atoms with Gasteiger partial charge in [-0.15, -0.1) is 0 Å². The smallest absolute Gasteiger partial charge is 0.545 e. The van der Waals surface area contributed by atoms with Crippen molar-refractivity contribution in [1.82, 2.24) is 0 Å². The molecule has 0 N–H and O–H groups in total. The molecule has 0 aromatic rings. The number of hydrogen-bond acceptors (Lipinski definition) is 2. The molecule has 0 aliphatic rings. The Hall–Kier alpha value is 0.210. The molecule has 0 rings (SSSR count). The van der Waals surface area contributed by atoms with Crippen molar-refractivity contribution in [2.75, 3.05) is 0 Å². The Labute approximate surface area is 84.3 Å². The Morgan fingerprint density at radius 3 is 2.33 bits per heavy atom. The van der Waals surface area contributed by atoms with Gasteiger partial charge in [-0.2, -0.15) is 0 Å². The van der Waals surface area contributed by atoms with E-state index >= 15 is 0 Å². The summed E-state index contributed by atoms with van der Waals surface area (Å²) in [6, 6.07) is 0. The minimum Gasteiger partial charge on any atom is -0.545 e. The first-order chi connectivity index (χ1) is 3.77. The maximum absolute atomic E-state index is 9.64. The summed E-state index contributed by atoms with van der Waals surface area (Å²) in [6.45, 7) is 1.81. The van der Waals surface area contributed by atoms with Crippen molar-refractivity contribution < 1.29 is 9.90 Å². The standard InChI is InChI=1S/C6H8O2.Ca/c1-2-3-4-5-6(7)8;/h2-5H,1H3,(H,7,8);/q;+2/p-1/b3-2+,5-4+;. The van der Waals surface area contributed by atoms with Crippen molar-refractivity contribution >= 4 is 43.7 Å². The molecule has 0 fully saturated rings. The molecule has 0 amide bonds. The van der Waals surface area contributed by atoms with Crippen LogP contribution in [0, 0.1) is 0 Å². The molecule has 0 bridgehead atoms. The average molecular weight is 151 g/mol. The molecule has 0 aliphatic carbocycles. The fourth-order valence-corrected chi connectivity index (χ4v) is 0.245. The zero-order valence-electron chi connectivity index (χ0n) is 5.33. The van der Waals surface area contributed by atoms with Crippen LogP contribution in [-0.2, 0) is 4.79 Å². The second-order valence-corrected chi connectivity index (χ2v) is 1.20. The average Bonchev–Trinajstić information content (AvgIpc) is 1.66. The largest absolute Gasteiger partial charge is 2.00 e. The van der Waals surface area contributed by atoms with Gasteiger partial charge in [0.1, 0.15) is 0 Å². The third kappa shape index (κ3) is 11.7. The minimum absolute atomic E-state index is 0. The van der Waals surface area contributed by atoms with E-state index in [1.807, 2.05) is 0 Å². The quantitative estimate of drug-likeness (QED) is 0.303. The number of allylic oxidation sites excluding steroid dienone is 3. The molecule has 44 valence electrons. The Bertz CT molecular complexity index is 127. The topological polar surface area (TPSA) is 40.1 Å². The number of carboxylic acids is 1. The fraction of sp³-hybridized carbons (Fsp3) is 0.167. The van der Waals surface area contributed by atoms with Gasteiger partial charge in [0.2, 0.25) is 0 Å². The van der Waals surface area contributed by atoms with Crippen LogP contribution in [0.2, 0.25) is 0 Å². The molecule has 3 heteroatoms. The van der Waals surface area contributed by atoms with Crippen LogP contribution in [0.5, 0.6) is 0 Å². The molecule has 0 heterocycles. The molecular formula is C6H7CaO2+. The summed E-state index contributed by atoms with van der Waals surface area (Å²) in [5.41, 5.74) is 0. The predicted molar refractivity (Wildman–Crippen MR) is 34.7 cm³/mol. The molecule has 0 spiro atoms. The zero-order valence-corrected chi connectivity index (χ0v) is 7.54. The first kappa shape index (κ1) is 11.9. The van der Waals surface area contributed by atoms with Crippen LogP contribution in [0.3, 0.4) is 0 Å². The van der Waals surface area contributed by atoms with Crippen LogP contribution in [0.4, 0.5) is 0 Å². The second kappa shape index (κ2) is 8.21. The first-order valence-corrected chi connectivity index (χ1v) is 2.27. The predicted octanol–water partition coefficient (Wildman–Crippen LogP) is -0.512.